The molecule has 0 aliphatic heterocycles. The van der Waals surface area contributed by atoms with E-state index < -0.39 is 16.0 Å². The molecule has 0 radical (unpaired) electrons. The maximum absolute atomic E-state index is 13.3. The van der Waals surface area contributed by atoms with Crippen LogP contribution in [0.15, 0.2) is 34.5 Å². The lowest BCUT2D eigenvalue weighted by Crippen LogP contribution is -2.55. The van der Waals surface area contributed by atoms with Crippen LogP contribution in [0, 0.1) is 46.3 Å². The maximum Gasteiger partial charge on any atom is 0.303 e. The molecule has 0 saturated heterocycles. The fourth-order valence-electron chi connectivity index (χ4n) is 10.3. The van der Waals surface area contributed by atoms with Gasteiger partial charge in [0, 0.05) is 17.2 Å². The second kappa shape index (κ2) is 10.1. The van der Waals surface area contributed by atoms with Crippen LogP contribution < -0.4 is 4.72 Å². The molecule has 4 fully saturated rings. The first-order chi connectivity index (χ1) is 18.5. The molecule has 9 atom stereocenters. The lowest BCUT2D eigenvalue weighted by atomic mass is 9.44. The summed E-state index contributed by atoms with van der Waals surface area (Å²) >= 11 is 1.36. The number of hydrogen-bond donors (Lipinski definition) is 2. The molecule has 4 aliphatic rings. The van der Waals surface area contributed by atoms with Gasteiger partial charge in [-0.3, -0.25) is 4.79 Å². The van der Waals surface area contributed by atoms with Gasteiger partial charge in [-0.2, -0.15) is 0 Å². The molecule has 1 aromatic carbocycles. The molecule has 6 rings (SSSR count). The van der Waals surface area contributed by atoms with Crippen molar-refractivity contribution in [2.45, 2.75) is 102 Å². The van der Waals surface area contributed by atoms with Crippen molar-refractivity contribution in [2.75, 3.05) is 0 Å². The smallest absolute Gasteiger partial charge is 0.303 e. The van der Waals surface area contributed by atoms with E-state index in [0.717, 1.165) is 53.5 Å². The van der Waals surface area contributed by atoms with Crippen molar-refractivity contribution in [1.82, 2.24) is 4.72 Å². The molecule has 39 heavy (non-hydrogen) atoms. The molecule has 2 N–H and O–H groups in total. The summed E-state index contributed by atoms with van der Waals surface area (Å²) in [6.45, 7) is 7.37. The second-order valence-corrected chi connectivity index (χ2v) is 17.0. The van der Waals surface area contributed by atoms with Gasteiger partial charge in [-0.25, -0.2) is 13.1 Å². The van der Waals surface area contributed by atoms with Gasteiger partial charge in [-0.05, 0) is 128 Å². The van der Waals surface area contributed by atoms with Gasteiger partial charge in [0.15, 0.2) is 0 Å². The molecule has 2 aromatic rings. The summed E-state index contributed by atoms with van der Waals surface area (Å²) < 4.78 is 31.2. The molecule has 214 valence electrons. The van der Waals surface area contributed by atoms with E-state index in [1.54, 1.807) is 0 Å². The summed E-state index contributed by atoms with van der Waals surface area (Å²) in [5.41, 5.74) is 0.649. The van der Waals surface area contributed by atoms with Crippen LogP contribution in [0.4, 0.5) is 0 Å². The minimum absolute atomic E-state index is 0.0228. The van der Waals surface area contributed by atoms with Crippen molar-refractivity contribution in [3.05, 3.63) is 30.3 Å². The van der Waals surface area contributed by atoms with E-state index in [9.17, 15) is 18.3 Å². The van der Waals surface area contributed by atoms with Crippen LogP contribution in [-0.2, 0) is 14.8 Å². The SMILES string of the molecule is CC(CCC(=O)O)C1CCC2C3CC[C@@H]4C[C@H](NS(=O)(=O)c5cc6ccccc6s5)CC[C@]4(C)C3CC[C@]12C. The third-order valence-electron chi connectivity index (χ3n) is 12.2. The summed E-state index contributed by atoms with van der Waals surface area (Å²) in [5.74, 6) is 3.31. The number of carbonyl (C=O) groups is 1. The topological polar surface area (TPSA) is 83.5 Å². The number of fused-ring (bicyclic) bond motifs is 6. The van der Waals surface area contributed by atoms with Crippen molar-refractivity contribution < 1.29 is 18.3 Å². The number of nitrogens with one attached hydrogen (secondary N) is 1. The maximum atomic E-state index is 13.3. The highest BCUT2D eigenvalue weighted by Crippen LogP contribution is 2.68. The van der Waals surface area contributed by atoms with Gasteiger partial charge >= 0.3 is 5.97 Å². The molecule has 1 aromatic heterocycles. The zero-order valence-corrected chi connectivity index (χ0v) is 25.3. The van der Waals surface area contributed by atoms with E-state index in [-0.39, 0.29) is 12.5 Å². The average Bonchev–Trinajstić information content (AvgIpc) is 3.49. The molecule has 4 saturated carbocycles. The Balaban J connectivity index is 1.13. The van der Waals surface area contributed by atoms with Crippen LogP contribution in [0.1, 0.15) is 91.4 Å². The Morgan fingerprint density at radius 2 is 1.79 bits per heavy atom. The Morgan fingerprint density at radius 3 is 2.56 bits per heavy atom. The third-order valence-corrected chi connectivity index (χ3v) is 15.3. The molecule has 0 spiro atoms. The van der Waals surface area contributed by atoms with Gasteiger partial charge in [0.2, 0.25) is 10.0 Å². The molecule has 1 heterocycles. The minimum atomic E-state index is -3.52. The zero-order chi connectivity index (χ0) is 27.6. The summed E-state index contributed by atoms with van der Waals surface area (Å²) in [7, 11) is -3.52. The van der Waals surface area contributed by atoms with E-state index in [1.807, 2.05) is 30.3 Å². The molecular formula is C32H45NO4S2. The minimum Gasteiger partial charge on any atom is -0.481 e. The third kappa shape index (κ3) is 4.78. The standard InChI is InChI=1S/C32H45NO4S2/c1-20(8-13-29(34)35)25-11-12-26-24-10-9-22-19-23(14-16-31(22,2)27(24)15-17-32(25,26)3)33-39(36,37)30-18-21-6-4-5-7-28(21)38-30/h4-7,18,20,22-27,33H,8-17,19H2,1-3H3,(H,34,35)/t20?,22-,23-,24?,25?,26?,27?,31+,32-/m1/s1. The number of sulfonamides is 1. The van der Waals surface area contributed by atoms with Crippen molar-refractivity contribution in [3.8, 4) is 0 Å². The Hall–Kier alpha value is -1.44. The first-order valence-corrected chi connectivity index (χ1v) is 17.5. The molecule has 0 bridgehead atoms. The monoisotopic (exact) mass is 571 g/mol. The summed E-state index contributed by atoms with van der Waals surface area (Å²) in [6.07, 6.45) is 11.7. The fourth-order valence-corrected chi connectivity index (χ4v) is 13.0. The normalized spacial score (nSPS) is 39.1. The number of aliphatic carboxylic acids is 1. The average molecular weight is 572 g/mol. The number of carboxylic acid groups (broad SMARTS) is 1. The molecule has 5 unspecified atom stereocenters. The number of carboxylic acids is 1. The van der Waals surface area contributed by atoms with Crippen LogP contribution >= 0.6 is 11.3 Å². The quantitative estimate of drug-likeness (QED) is 0.357. The number of rotatable bonds is 7. The lowest BCUT2D eigenvalue weighted by Gasteiger charge is -2.61. The molecule has 0 amide bonds. The molecule has 5 nitrogen and oxygen atoms in total. The predicted molar refractivity (Wildman–Crippen MR) is 157 cm³/mol. The highest BCUT2D eigenvalue weighted by atomic mass is 32.2. The highest BCUT2D eigenvalue weighted by Gasteiger charge is 2.60. The molecular weight excluding hydrogens is 526 g/mol. The van der Waals surface area contributed by atoms with Gasteiger partial charge in [0.1, 0.15) is 4.21 Å². The van der Waals surface area contributed by atoms with E-state index in [0.29, 0.717) is 32.8 Å². The Kier molecular flexibility index (Phi) is 7.20. The predicted octanol–water partition coefficient (Wildman–Crippen LogP) is 7.71. The second-order valence-electron chi connectivity index (χ2n) is 14.0. The number of hydrogen-bond acceptors (Lipinski definition) is 4. The number of benzene rings is 1. The summed E-state index contributed by atoms with van der Waals surface area (Å²) in [5, 5.41) is 10.2. The largest absolute Gasteiger partial charge is 0.481 e. The van der Waals surface area contributed by atoms with Crippen molar-refractivity contribution >= 4 is 37.4 Å². The van der Waals surface area contributed by atoms with Gasteiger partial charge in [-0.1, -0.05) is 39.0 Å². The van der Waals surface area contributed by atoms with E-state index in [2.05, 4.69) is 25.5 Å². The summed E-state index contributed by atoms with van der Waals surface area (Å²) in [6, 6.07) is 9.72. The van der Waals surface area contributed by atoms with Crippen molar-refractivity contribution in [3.63, 3.8) is 0 Å². The first kappa shape index (κ1) is 27.7. The van der Waals surface area contributed by atoms with Gasteiger partial charge in [0.25, 0.3) is 0 Å². The number of thiophene rings is 1. The highest BCUT2D eigenvalue weighted by molar-refractivity contribution is 7.91. The van der Waals surface area contributed by atoms with Crippen molar-refractivity contribution in [1.29, 1.82) is 0 Å². The fraction of sp³-hybridized carbons (Fsp3) is 0.719. The van der Waals surface area contributed by atoms with Crippen LogP contribution in [-0.4, -0.2) is 25.5 Å². The molecule has 7 heteroatoms. The van der Waals surface area contributed by atoms with Gasteiger partial charge < -0.3 is 5.11 Å². The Morgan fingerprint density at radius 1 is 1.05 bits per heavy atom. The molecule has 4 aliphatic carbocycles. The zero-order valence-electron chi connectivity index (χ0n) is 23.7. The van der Waals surface area contributed by atoms with Crippen LogP contribution in [0.2, 0.25) is 0 Å². The summed E-state index contributed by atoms with van der Waals surface area (Å²) in [4.78, 5) is 11.2. The van der Waals surface area contributed by atoms with Gasteiger partial charge in [-0.15, -0.1) is 11.3 Å². The van der Waals surface area contributed by atoms with E-state index in [1.165, 1.54) is 49.9 Å². The van der Waals surface area contributed by atoms with Crippen LogP contribution in [0.5, 0.6) is 0 Å². The van der Waals surface area contributed by atoms with Gasteiger partial charge in [0.05, 0.1) is 0 Å². The lowest BCUT2D eigenvalue weighted by molar-refractivity contribution is -0.137. The van der Waals surface area contributed by atoms with Crippen LogP contribution in [0.3, 0.4) is 0 Å². The van der Waals surface area contributed by atoms with Crippen molar-refractivity contribution in [2.24, 2.45) is 46.3 Å². The van der Waals surface area contributed by atoms with E-state index in [4.69, 9.17) is 0 Å². The van der Waals surface area contributed by atoms with E-state index >= 15 is 0 Å². The van der Waals surface area contributed by atoms with Crippen LogP contribution in [0.25, 0.3) is 10.1 Å². The first-order valence-electron chi connectivity index (χ1n) is 15.2. The Labute approximate surface area is 238 Å². The Bertz CT molecular complexity index is 1300.